The summed E-state index contributed by atoms with van der Waals surface area (Å²) in [5, 5.41) is 6.13. The van der Waals surface area contributed by atoms with Crippen molar-refractivity contribution in [3.05, 3.63) is 100 Å². The van der Waals surface area contributed by atoms with Crippen molar-refractivity contribution in [3.63, 3.8) is 0 Å². The zero-order chi connectivity index (χ0) is 28.2. The number of allylic oxidation sites excluding steroid dienone is 1. The van der Waals surface area contributed by atoms with Crippen molar-refractivity contribution in [3.8, 4) is 5.88 Å². The van der Waals surface area contributed by atoms with Crippen molar-refractivity contribution in [1.29, 1.82) is 0 Å². The molecule has 9 heteroatoms. The second kappa shape index (κ2) is 11.9. The van der Waals surface area contributed by atoms with Crippen molar-refractivity contribution >= 4 is 11.6 Å². The summed E-state index contributed by atoms with van der Waals surface area (Å²) in [7, 11) is 1.95. The average Bonchev–Trinajstić information content (AvgIpc) is 2.87. The lowest BCUT2D eigenvalue weighted by Crippen LogP contribution is -2.37. The van der Waals surface area contributed by atoms with E-state index in [0.29, 0.717) is 36.6 Å². The fraction of sp³-hybridized carbons (Fsp3) is 0.333. The van der Waals surface area contributed by atoms with Crippen LogP contribution in [0.25, 0.3) is 0 Å². The molecule has 39 heavy (non-hydrogen) atoms. The summed E-state index contributed by atoms with van der Waals surface area (Å²) >= 11 is 0. The van der Waals surface area contributed by atoms with Crippen molar-refractivity contribution in [2.75, 3.05) is 25.5 Å². The van der Waals surface area contributed by atoms with Gasteiger partial charge in [0.2, 0.25) is 11.8 Å². The molecule has 1 amide bonds. The Balaban J connectivity index is 1.68. The highest BCUT2D eigenvalue weighted by Gasteiger charge is 2.41. The molecule has 0 aliphatic carbocycles. The number of hydrogen-bond acceptors (Lipinski definition) is 5. The van der Waals surface area contributed by atoms with Crippen molar-refractivity contribution < 1.29 is 22.7 Å². The Morgan fingerprint density at radius 3 is 2.49 bits per heavy atom. The number of halogens is 3. The van der Waals surface area contributed by atoms with Crippen LogP contribution < -0.4 is 15.4 Å². The van der Waals surface area contributed by atoms with E-state index in [1.165, 1.54) is 18.3 Å². The van der Waals surface area contributed by atoms with Gasteiger partial charge in [-0.15, -0.1) is 0 Å². The number of carbonyl (C=O) groups is 1. The molecule has 2 N–H and O–H groups in total. The van der Waals surface area contributed by atoms with Crippen LogP contribution >= 0.6 is 0 Å². The van der Waals surface area contributed by atoms with E-state index in [-0.39, 0.29) is 23.1 Å². The summed E-state index contributed by atoms with van der Waals surface area (Å²) in [6.45, 7) is 6.92. The molecule has 206 valence electrons. The lowest BCUT2D eigenvalue weighted by atomic mass is 9.78. The van der Waals surface area contributed by atoms with Gasteiger partial charge in [-0.3, -0.25) is 4.79 Å². The van der Waals surface area contributed by atoms with Gasteiger partial charge in [0.1, 0.15) is 0 Å². The van der Waals surface area contributed by atoms with Crippen LogP contribution in [0.2, 0.25) is 0 Å². The predicted octanol–water partition coefficient (Wildman–Crippen LogP) is 5.97. The van der Waals surface area contributed by atoms with Gasteiger partial charge in [-0.25, -0.2) is 4.98 Å². The van der Waals surface area contributed by atoms with E-state index in [9.17, 15) is 18.0 Å². The molecule has 2 heterocycles. The smallest absolute Gasteiger partial charge is 0.416 e. The maximum atomic E-state index is 14.2. The molecule has 0 spiro atoms. The van der Waals surface area contributed by atoms with E-state index in [0.717, 1.165) is 11.6 Å². The Hall–Kier alpha value is -3.85. The quantitative estimate of drug-likeness (QED) is 0.352. The summed E-state index contributed by atoms with van der Waals surface area (Å²) in [6.07, 6.45) is -3.35. The number of aromatic nitrogens is 1. The molecule has 2 aromatic carbocycles. The van der Waals surface area contributed by atoms with Crippen molar-refractivity contribution in [1.82, 2.24) is 15.2 Å². The number of fused-ring (bicyclic) bond motifs is 1. The number of carbonyl (C=O) groups excluding carboxylic acids is 1. The molecular formula is C30H33F3N4O2. The number of amides is 1. The van der Waals surface area contributed by atoms with Gasteiger partial charge in [-0.1, -0.05) is 48.5 Å². The molecular weight excluding hydrogens is 505 g/mol. The number of anilines is 1. The average molecular weight is 539 g/mol. The third-order valence-electron chi connectivity index (χ3n) is 6.50. The number of alkyl halides is 3. The van der Waals surface area contributed by atoms with E-state index in [1.54, 1.807) is 19.1 Å². The fourth-order valence-corrected chi connectivity index (χ4v) is 4.84. The minimum absolute atomic E-state index is 0.0277. The van der Waals surface area contributed by atoms with Gasteiger partial charge in [-0.2, -0.15) is 13.2 Å². The minimum Gasteiger partial charge on any atom is -0.475 e. The SMILES string of the molecule is CC1=C(C(=O)NCCN(C)Cc2ccccc2)C(c2ccccc2C(F)(F)F)c2c(ccnc2OC(C)C)N1. The van der Waals surface area contributed by atoms with E-state index in [2.05, 4.69) is 20.5 Å². The van der Waals surface area contributed by atoms with Crippen LogP contribution in [-0.2, 0) is 17.5 Å². The number of hydrogen-bond donors (Lipinski definition) is 2. The number of pyridine rings is 1. The van der Waals surface area contributed by atoms with Crippen molar-refractivity contribution in [2.45, 2.75) is 45.5 Å². The molecule has 0 saturated heterocycles. The third-order valence-corrected chi connectivity index (χ3v) is 6.50. The highest BCUT2D eigenvalue weighted by molar-refractivity contribution is 5.99. The molecule has 3 aromatic rings. The molecule has 1 aromatic heterocycles. The van der Waals surface area contributed by atoms with Crippen molar-refractivity contribution in [2.24, 2.45) is 0 Å². The van der Waals surface area contributed by atoms with E-state index < -0.39 is 23.6 Å². The Bertz CT molecular complexity index is 1340. The lowest BCUT2D eigenvalue weighted by molar-refractivity contribution is -0.138. The number of rotatable bonds is 9. The zero-order valence-corrected chi connectivity index (χ0v) is 22.5. The summed E-state index contributed by atoms with van der Waals surface area (Å²) in [5.41, 5.74) is 1.95. The molecule has 0 radical (unpaired) electrons. The van der Waals surface area contributed by atoms with Crippen LogP contribution in [0.15, 0.2) is 78.1 Å². The Morgan fingerprint density at radius 2 is 1.79 bits per heavy atom. The molecule has 1 unspecified atom stereocenters. The number of ether oxygens (including phenoxy) is 1. The van der Waals surface area contributed by atoms with Crippen LogP contribution in [0, 0.1) is 0 Å². The van der Waals surface area contributed by atoms with Crippen LogP contribution in [0.4, 0.5) is 18.9 Å². The number of likely N-dealkylation sites (N-methyl/N-ethyl adjacent to an activating group) is 1. The topological polar surface area (TPSA) is 66.5 Å². The molecule has 1 aliphatic heterocycles. The maximum absolute atomic E-state index is 14.2. The van der Waals surface area contributed by atoms with Gasteiger partial charge in [0.15, 0.2) is 0 Å². The Morgan fingerprint density at radius 1 is 1.10 bits per heavy atom. The monoisotopic (exact) mass is 538 g/mol. The molecule has 4 rings (SSSR count). The molecule has 0 saturated carbocycles. The van der Waals surface area contributed by atoms with Gasteiger partial charge in [0.25, 0.3) is 0 Å². The second-order valence-electron chi connectivity index (χ2n) is 9.90. The van der Waals surface area contributed by atoms with Gasteiger partial charge < -0.3 is 20.3 Å². The summed E-state index contributed by atoms with van der Waals surface area (Å²) < 4.78 is 48.5. The van der Waals surface area contributed by atoms with Gasteiger partial charge in [0.05, 0.1) is 11.7 Å². The normalized spacial score (nSPS) is 15.3. The van der Waals surface area contributed by atoms with Gasteiger partial charge in [-0.05, 0) is 51.1 Å². The first kappa shape index (κ1) is 28.2. The first-order valence-electron chi connectivity index (χ1n) is 12.9. The first-order valence-corrected chi connectivity index (χ1v) is 12.9. The molecule has 0 fully saturated rings. The molecule has 1 aliphatic rings. The van der Waals surface area contributed by atoms with E-state index in [4.69, 9.17) is 4.74 Å². The van der Waals surface area contributed by atoms with Gasteiger partial charge in [0, 0.05) is 54.3 Å². The largest absolute Gasteiger partial charge is 0.475 e. The summed E-state index contributed by atoms with van der Waals surface area (Å²) in [5.74, 6) is -1.29. The van der Waals surface area contributed by atoms with Crippen LogP contribution in [0.3, 0.4) is 0 Å². The second-order valence-corrected chi connectivity index (χ2v) is 9.90. The van der Waals surface area contributed by atoms with E-state index >= 15 is 0 Å². The number of benzene rings is 2. The van der Waals surface area contributed by atoms with Crippen LogP contribution in [0.1, 0.15) is 48.9 Å². The fourth-order valence-electron chi connectivity index (χ4n) is 4.84. The predicted molar refractivity (Wildman–Crippen MR) is 145 cm³/mol. The maximum Gasteiger partial charge on any atom is 0.416 e. The summed E-state index contributed by atoms with van der Waals surface area (Å²) in [6, 6.07) is 17.0. The van der Waals surface area contributed by atoms with Crippen LogP contribution in [0.5, 0.6) is 5.88 Å². The van der Waals surface area contributed by atoms with Crippen LogP contribution in [-0.4, -0.2) is 42.0 Å². The molecule has 0 bridgehead atoms. The Kier molecular flexibility index (Phi) is 8.60. The van der Waals surface area contributed by atoms with E-state index in [1.807, 2.05) is 51.2 Å². The first-order chi connectivity index (χ1) is 18.6. The standard InChI is InChI=1S/C30H33F3N4O2/c1-19(2)39-29-27-24(14-15-35-29)36-20(3)25(26(27)22-12-8-9-13-23(22)30(31,32)33)28(38)34-16-17-37(4)18-21-10-6-5-7-11-21/h5-15,19,26,36H,16-18H2,1-4H3,(H,34,38). The molecule has 1 atom stereocenters. The highest BCUT2D eigenvalue weighted by Crippen LogP contribution is 2.48. The van der Waals surface area contributed by atoms with Gasteiger partial charge >= 0.3 is 6.18 Å². The highest BCUT2D eigenvalue weighted by atomic mass is 19.4. The lowest BCUT2D eigenvalue weighted by Gasteiger charge is -2.33. The summed E-state index contributed by atoms with van der Waals surface area (Å²) in [4.78, 5) is 20.1. The number of nitrogens with zero attached hydrogens (tertiary/aromatic N) is 2. The zero-order valence-electron chi connectivity index (χ0n) is 22.5. The Labute approximate surface area is 226 Å². The molecule has 6 nitrogen and oxygen atoms in total. The third kappa shape index (κ3) is 6.60. The minimum atomic E-state index is -4.61. The number of nitrogens with one attached hydrogen (secondary N) is 2.